The highest BCUT2D eigenvalue weighted by Crippen LogP contribution is 2.34. The summed E-state index contributed by atoms with van der Waals surface area (Å²) in [5, 5.41) is 9.72. The van der Waals surface area contributed by atoms with Gasteiger partial charge < -0.3 is 24.4 Å². The van der Waals surface area contributed by atoms with Crippen molar-refractivity contribution >= 4 is 15.9 Å². The summed E-state index contributed by atoms with van der Waals surface area (Å²) in [6.07, 6.45) is -0.467. The van der Waals surface area contributed by atoms with Crippen LogP contribution in [0.15, 0.2) is 23.1 Å². The molecular weight excluding hydrogens is 446 g/mol. The summed E-state index contributed by atoms with van der Waals surface area (Å²) >= 11 is 0. The van der Waals surface area contributed by atoms with E-state index in [0.29, 0.717) is 5.56 Å². The number of hydrogen-bond acceptors (Lipinski definition) is 7. The van der Waals surface area contributed by atoms with E-state index in [4.69, 9.17) is 9.47 Å². The number of aliphatic hydroxyl groups excluding tert-OH is 1. The molecule has 10 heteroatoms. The van der Waals surface area contributed by atoms with Gasteiger partial charge >= 0.3 is 0 Å². The molecule has 0 unspecified atom stereocenters. The van der Waals surface area contributed by atoms with Gasteiger partial charge in [-0.25, -0.2) is 8.42 Å². The molecule has 33 heavy (non-hydrogen) atoms. The van der Waals surface area contributed by atoms with E-state index in [2.05, 4.69) is 11.8 Å². The number of methoxy groups -OCH3 is 1. The summed E-state index contributed by atoms with van der Waals surface area (Å²) in [6, 6.07) is 4.09. The number of ether oxygens (including phenoxy) is 2. The smallest absolute Gasteiger partial charge is 0.247 e. The lowest BCUT2D eigenvalue weighted by atomic mass is 10.0. The third-order valence-electron chi connectivity index (χ3n) is 5.45. The molecular formula is C23H35N3O6S. The highest BCUT2D eigenvalue weighted by Gasteiger charge is 2.38. The van der Waals surface area contributed by atoms with Crippen molar-refractivity contribution in [3.8, 4) is 17.6 Å². The first-order valence-electron chi connectivity index (χ1n) is 10.8. The molecule has 0 aliphatic carbocycles. The predicted octanol–water partition coefficient (Wildman–Crippen LogP) is 0.473. The molecule has 0 radical (unpaired) electrons. The highest BCUT2D eigenvalue weighted by atomic mass is 32.2. The number of rotatable bonds is 7. The molecule has 1 amide bonds. The molecule has 1 aromatic carbocycles. The van der Waals surface area contributed by atoms with Gasteiger partial charge in [0.2, 0.25) is 15.9 Å². The van der Waals surface area contributed by atoms with E-state index in [1.165, 1.54) is 10.4 Å². The molecule has 1 N–H and O–H groups in total. The van der Waals surface area contributed by atoms with E-state index < -0.39 is 22.2 Å². The van der Waals surface area contributed by atoms with Gasteiger partial charge in [-0.15, -0.1) is 0 Å². The Bertz CT molecular complexity index is 986. The number of aliphatic hydroxyl groups is 1. The minimum atomic E-state index is -3.92. The maximum absolute atomic E-state index is 13.5. The molecule has 1 aliphatic rings. The van der Waals surface area contributed by atoms with Crippen LogP contribution in [0.25, 0.3) is 0 Å². The van der Waals surface area contributed by atoms with Crippen molar-refractivity contribution in [2.24, 2.45) is 5.92 Å². The number of fused-ring (bicyclic) bond motifs is 1. The molecule has 9 nitrogen and oxygen atoms in total. The first-order chi connectivity index (χ1) is 15.5. The fourth-order valence-corrected chi connectivity index (χ4v) is 5.32. The monoisotopic (exact) mass is 481 g/mol. The Morgan fingerprint density at radius 1 is 1.36 bits per heavy atom. The fraction of sp³-hybridized carbons (Fsp3) is 0.609. The second-order valence-electron chi connectivity index (χ2n) is 8.65. The third-order valence-corrected chi connectivity index (χ3v) is 7.47. The molecule has 0 fully saturated rings. The number of sulfonamides is 1. The number of carbonyl (C=O) groups is 1. The Labute approximate surface area is 197 Å². The second kappa shape index (κ2) is 11.8. The molecule has 0 saturated carbocycles. The van der Waals surface area contributed by atoms with Gasteiger partial charge in [0, 0.05) is 38.2 Å². The van der Waals surface area contributed by atoms with Crippen molar-refractivity contribution < 1.29 is 27.8 Å². The second-order valence-corrected chi connectivity index (χ2v) is 10.5. The highest BCUT2D eigenvalue weighted by molar-refractivity contribution is 7.89. The molecule has 3 atom stereocenters. The maximum Gasteiger partial charge on any atom is 0.247 e. The van der Waals surface area contributed by atoms with Gasteiger partial charge in [0.15, 0.2) is 0 Å². The minimum Gasteiger partial charge on any atom is -0.487 e. The van der Waals surface area contributed by atoms with Gasteiger partial charge in [-0.1, -0.05) is 18.8 Å². The maximum atomic E-state index is 13.5. The van der Waals surface area contributed by atoms with Gasteiger partial charge in [0.05, 0.1) is 19.7 Å². The number of nitrogens with zero attached hydrogens (tertiary/aromatic N) is 3. The number of likely N-dealkylation sites (N-methyl/N-ethyl adjacent to an activating group) is 2. The Morgan fingerprint density at radius 2 is 2.06 bits per heavy atom. The minimum absolute atomic E-state index is 0.0132. The van der Waals surface area contributed by atoms with E-state index >= 15 is 0 Å². The Balaban J connectivity index is 2.50. The van der Waals surface area contributed by atoms with Crippen molar-refractivity contribution in [1.29, 1.82) is 0 Å². The van der Waals surface area contributed by atoms with Crippen LogP contribution >= 0.6 is 0 Å². The van der Waals surface area contributed by atoms with E-state index in [1.54, 1.807) is 43.0 Å². The van der Waals surface area contributed by atoms with Crippen LogP contribution in [0, 0.1) is 17.8 Å². The number of benzene rings is 1. The third kappa shape index (κ3) is 6.91. The topological polar surface area (TPSA) is 99.6 Å². The van der Waals surface area contributed by atoms with Crippen LogP contribution in [0.3, 0.4) is 0 Å². The fourth-order valence-electron chi connectivity index (χ4n) is 3.49. The van der Waals surface area contributed by atoms with Crippen LogP contribution in [0.5, 0.6) is 5.75 Å². The van der Waals surface area contributed by atoms with Gasteiger partial charge in [-0.2, -0.15) is 4.31 Å². The lowest BCUT2D eigenvalue weighted by molar-refractivity contribution is -0.132. The quantitative estimate of drug-likeness (QED) is 0.565. The van der Waals surface area contributed by atoms with E-state index in [1.807, 2.05) is 21.0 Å². The average Bonchev–Trinajstić information content (AvgIpc) is 2.75. The summed E-state index contributed by atoms with van der Waals surface area (Å²) in [7, 11) is 2.97. The molecule has 184 valence electrons. The van der Waals surface area contributed by atoms with Gasteiger partial charge in [-0.05, 0) is 39.2 Å². The molecule has 1 aliphatic heterocycles. The summed E-state index contributed by atoms with van der Waals surface area (Å²) in [5.74, 6) is 5.65. The standard InChI is InChI=1S/C23H35N3O6S/c1-17-13-26(18(2)16-27)33(29,30)22-10-9-19(8-7-11-31-6)12-20(22)32-21(17)14-25(5)23(28)15-24(3)4/h9-10,12,17-18,21,27H,11,13-16H2,1-6H3/t17-,18-,21-/m1/s1. The summed E-state index contributed by atoms with van der Waals surface area (Å²) < 4.78 is 39.4. The van der Waals surface area contributed by atoms with E-state index in [-0.39, 0.29) is 55.3 Å². The van der Waals surface area contributed by atoms with Crippen LogP contribution in [-0.4, -0.2) is 107 Å². The van der Waals surface area contributed by atoms with Crippen LogP contribution in [0.4, 0.5) is 0 Å². The van der Waals surface area contributed by atoms with Crippen molar-refractivity contribution in [2.45, 2.75) is 30.9 Å². The average molecular weight is 482 g/mol. The zero-order valence-electron chi connectivity index (χ0n) is 20.2. The Kier molecular flexibility index (Phi) is 9.70. The molecule has 0 saturated heterocycles. The summed E-state index contributed by atoms with van der Waals surface area (Å²) in [4.78, 5) is 15.9. The lowest BCUT2D eigenvalue weighted by Gasteiger charge is -2.37. The van der Waals surface area contributed by atoms with Crippen LogP contribution in [0.2, 0.25) is 0 Å². The van der Waals surface area contributed by atoms with Crippen LogP contribution in [-0.2, 0) is 19.6 Å². The Hall–Kier alpha value is -2.16. The molecule has 0 aromatic heterocycles. The van der Waals surface area contributed by atoms with Gasteiger partial charge in [-0.3, -0.25) is 4.79 Å². The molecule has 1 aromatic rings. The van der Waals surface area contributed by atoms with Crippen molar-refractivity contribution in [1.82, 2.24) is 14.1 Å². The lowest BCUT2D eigenvalue weighted by Crippen LogP contribution is -2.50. The van der Waals surface area contributed by atoms with Crippen molar-refractivity contribution in [2.75, 3.05) is 61.1 Å². The zero-order chi connectivity index (χ0) is 24.8. The number of carbonyl (C=O) groups excluding carboxylic acids is 1. The first-order valence-corrected chi connectivity index (χ1v) is 12.2. The molecule has 2 rings (SSSR count). The van der Waals surface area contributed by atoms with E-state index in [9.17, 15) is 18.3 Å². The van der Waals surface area contributed by atoms with Gasteiger partial charge in [0.1, 0.15) is 23.4 Å². The van der Waals surface area contributed by atoms with Crippen LogP contribution < -0.4 is 4.74 Å². The number of amides is 1. The zero-order valence-corrected chi connectivity index (χ0v) is 21.1. The van der Waals surface area contributed by atoms with Crippen LogP contribution in [0.1, 0.15) is 19.4 Å². The predicted molar refractivity (Wildman–Crippen MR) is 125 cm³/mol. The Morgan fingerprint density at radius 3 is 2.67 bits per heavy atom. The first kappa shape index (κ1) is 27.1. The van der Waals surface area contributed by atoms with Crippen molar-refractivity contribution in [3.63, 3.8) is 0 Å². The molecule has 0 spiro atoms. The molecule has 0 bridgehead atoms. The van der Waals surface area contributed by atoms with E-state index in [0.717, 1.165) is 0 Å². The summed E-state index contributed by atoms with van der Waals surface area (Å²) in [5.41, 5.74) is 0.590. The number of hydrogen-bond donors (Lipinski definition) is 1. The SMILES string of the molecule is COCC#Cc1ccc2c(c1)O[C@H](CN(C)C(=O)CN(C)C)[C@H](C)CN([C@H](C)CO)S2(=O)=O. The van der Waals surface area contributed by atoms with Gasteiger partial charge in [0.25, 0.3) is 0 Å². The van der Waals surface area contributed by atoms with Crippen molar-refractivity contribution in [3.05, 3.63) is 23.8 Å². The summed E-state index contributed by atoms with van der Waals surface area (Å²) in [6.45, 7) is 4.18. The molecule has 1 heterocycles. The largest absolute Gasteiger partial charge is 0.487 e. The normalized spacial score (nSPS) is 21.1.